The minimum atomic E-state index is -0.547. The second-order valence-electron chi connectivity index (χ2n) is 2.86. The molecule has 1 atom stereocenters. The van der Waals surface area contributed by atoms with E-state index in [1.165, 1.54) is 12.3 Å². The van der Waals surface area contributed by atoms with Crippen LogP contribution < -0.4 is 0 Å². The lowest BCUT2D eigenvalue weighted by atomic mass is 10.2. The van der Waals surface area contributed by atoms with Gasteiger partial charge in [0.25, 0.3) is 0 Å². The summed E-state index contributed by atoms with van der Waals surface area (Å²) in [5.41, 5.74) is 0.350. The van der Waals surface area contributed by atoms with Gasteiger partial charge in [-0.1, -0.05) is 13.2 Å². The Balaban J connectivity index is 2.70. The van der Waals surface area contributed by atoms with E-state index in [0.29, 0.717) is 11.3 Å². The second kappa shape index (κ2) is 4.46. The summed E-state index contributed by atoms with van der Waals surface area (Å²) in [5, 5.41) is 0. The quantitative estimate of drug-likeness (QED) is 0.418. The number of carbonyl (C=O) groups is 1. The van der Waals surface area contributed by atoms with Crippen LogP contribution in [0.1, 0.15) is 18.8 Å². The molecule has 0 fully saturated rings. The second-order valence-corrected chi connectivity index (χ2v) is 2.86. The molecule has 0 aliphatic heterocycles. The first-order valence-corrected chi connectivity index (χ1v) is 4.17. The first-order valence-electron chi connectivity index (χ1n) is 4.17. The van der Waals surface area contributed by atoms with Crippen molar-refractivity contribution < 1.29 is 13.9 Å². The van der Waals surface area contributed by atoms with Crippen molar-refractivity contribution in [3.63, 3.8) is 0 Å². The molecule has 0 aliphatic carbocycles. The number of furan rings is 1. The summed E-state index contributed by atoms with van der Waals surface area (Å²) in [6.07, 6.45) is 2.47. The third-order valence-electron chi connectivity index (χ3n) is 1.62. The average molecular weight is 192 g/mol. The standard InChI is InChI=1S/C11H12O3/c1-4-9(10-6-5-7-13-10)14-11(12)8(2)3/h4-7,9H,1-2H2,3H3. The van der Waals surface area contributed by atoms with Crippen LogP contribution in [0.5, 0.6) is 0 Å². The summed E-state index contributed by atoms with van der Waals surface area (Å²) in [4.78, 5) is 11.2. The predicted octanol–water partition coefficient (Wildman–Crippen LogP) is 2.63. The smallest absolute Gasteiger partial charge is 0.334 e. The highest BCUT2D eigenvalue weighted by atomic mass is 16.6. The first-order chi connectivity index (χ1) is 6.65. The number of carbonyl (C=O) groups excluding carboxylic acids is 1. The molecule has 0 aromatic carbocycles. The van der Waals surface area contributed by atoms with E-state index < -0.39 is 12.1 Å². The average Bonchev–Trinajstić information content (AvgIpc) is 2.66. The molecule has 3 heteroatoms. The maximum absolute atomic E-state index is 11.2. The third kappa shape index (κ3) is 2.36. The molecule has 1 aromatic heterocycles. The van der Waals surface area contributed by atoms with Crippen LogP contribution in [0.15, 0.2) is 47.6 Å². The van der Waals surface area contributed by atoms with E-state index in [1.54, 1.807) is 19.1 Å². The molecule has 1 rings (SSSR count). The maximum atomic E-state index is 11.2. The molecule has 0 N–H and O–H groups in total. The van der Waals surface area contributed by atoms with E-state index in [2.05, 4.69) is 13.2 Å². The van der Waals surface area contributed by atoms with Gasteiger partial charge in [-0.15, -0.1) is 0 Å². The molecule has 1 aromatic rings. The van der Waals surface area contributed by atoms with Crippen molar-refractivity contribution in [1.82, 2.24) is 0 Å². The monoisotopic (exact) mass is 192 g/mol. The number of esters is 1. The highest BCUT2D eigenvalue weighted by Crippen LogP contribution is 2.19. The van der Waals surface area contributed by atoms with Gasteiger partial charge in [-0.25, -0.2) is 4.79 Å². The highest BCUT2D eigenvalue weighted by Gasteiger charge is 2.15. The van der Waals surface area contributed by atoms with E-state index >= 15 is 0 Å². The van der Waals surface area contributed by atoms with Crippen molar-refractivity contribution >= 4 is 5.97 Å². The Morgan fingerprint density at radius 3 is 2.86 bits per heavy atom. The van der Waals surface area contributed by atoms with Crippen molar-refractivity contribution in [2.45, 2.75) is 13.0 Å². The molecule has 1 unspecified atom stereocenters. The predicted molar refractivity (Wildman–Crippen MR) is 52.6 cm³/mol. The zero-order valence-corrected chi connectivity index (χ0v) is 8.03. The summed E-state index contributed by atoms with van der Waals surface area (Å²) >= 11 is 0. The molecule has 0 amide bonds. The van der Waals surface area contributed by atoms with Crippen LogP contribution in [0.4, 0.5) is 0 Å². The van der Waals surface area contributed by atoms with Crippen molar-refractivity contribution in [3.8, 4) is 0 Å². The third-order valence-corrected chi connectivity index (χ3v) is 1.62. The van der Waals surface area contributed by atoms with E-state index in [4.69, 9.17) is 9.15 Å². The lowest BCUT2D eigenvalue weighted by Gasteiger charge is -2.10. The van der Waals surface area contributed by atoms with E-state index in [0.717, 1.165) is 0 Å². The van der Waals surface area contributed by atoms with E-state index in [-0.39, 0.29) is 0 Å². The molecule has 1 heterocycles. The molecule has 0 aliphatic rings. The van der Waals surface area contributed by atoms with Gasteiger partial charge in [0, 0.05) is 5.57 Å². The van der Waals surface area contributed by atoms with Gasteiger partial charge in [0.15, 0.2) is 6.10 Å². The first kappa shape index (κ1) is 10.3. The fourth-order valence-electron chi connectivity index (χ4n) is 0.891. The van der Waals surface area contributed by atoms with Gasteiger partial charge in [0.1, 0.15) is 5.76 Å². The topological polar surface area (TPSA) is 39.4 Å². The summed E-state index contributed by atoms with van der Waals surface area (Å²) in [7, 11) is 0. The highest BCUT2D eigenvalue weighted by molar-refractivity contribution is 5.87. The molecule has 74 valence electrons. The van der Waals surface area contributed by atoms with Crippen molar-refractivity contribution in [2.75, 3.05) is 0 Å². The molecule has 0 saturated heterocycles. The van der Waals surface area contributed by atoms with Crippen LogP contribution in [-0.2, 0) is 9.53 Å². The van der Waals surface area contributed by atoms with E-state index in [9.17, 15) is 4.79 Å². The molecule has 14 heavy (non-hydrogen) atoms. The normalized spacial score (nSPS) is 11.8. The van der Waals surface area contributed by atoms with Crippen molar-refractivity contribution in [1.29, 1.82) is 0 Å². The minimum Gasteiger partial charge on any atom is -0.465 e. The van der Waals surface area contributed by atoms with Crippen LogP contribution in [0.25, 0.3) is 0 Å². The Bertz CT molecular complexity index is 335. The maximum Gasteiger partial charge on any atom is 0.334 e. The lowest BCUT2D eigenvalue weighted by molar-refractivity contribution is -0.143. The van der Waals surface area contributed by atoms with Crippen LogP contribution in [0, 0.1) is 0 Å². The van der Waals surface area contributed by atoms with Gasteiger partial charge >= 0.3 is 5.97 Å². The van der Waals surface area contributed by atoms with E-state index in [1.807, 2.05) is 0 Å². The number of ether oxygens (including phenoxy) is 1. The Kier molecular flexibility index (Phi) is 3.29. The minimum absolute atomic E-state index is 0.350. The Labute approximate surface area is 82.7 Å². The van der Waals surface area contributed by atoms with Gasteiger partial charge in [-0.3, -0.25) is 0 Å². The molecule has 0 bridgehead atoms. The lowest BCUT2D eigenvalue weighted by Crippen LogP contribution is -2.09. The zero-order valence-electron chi connectivity index (χ0n) is 8.03. The molecule has 0 saturated carbocycles. The zero-order chi connectivity index (χ0) is 10.6. The fourth-order valence-corrected chi connectivity index (χ4v) is 0.891. The van der Waals surface area contributed by atoms with Crippen LogP contribution >= 0.6 is 0 Å². The molecular weight excluding hydrogens is 180 g/mol. The molecular formula is C11H12O3. The summed E-state index contributed by atoms with van der Waals surface area (Å²) < 4.78 is 10.1. The largest absolute Gasteiger partial charge is 0.465 e. The van der Waals surface area contributed by atoms with Gasteiger partial charge < -0.3 is 9.15 Å². The Morgan fingerprint density at radius 1 is 1.71 bits per heavy atom. The SMILES string of the molecule is C=CC(OC(=O)C(=C)C)c1ccco1. The Hall–Kier alpha value is -1.77. The molecule has 0 radical (unpaired) electrons. The van der Waals surface area contributed by atoms with Gasteiger partial charge in [0.05, 0.1) is 6.26 Å². The van der Waals surface area contributed by atoms with Crippen LogP contribution in [0.2, 0.25) is 0 Å². The van der Waals surface area contributed by atoms with Crippen molar-refractivity contribution in [3.05, 3.63) is 49.0 Å². The molecule has 0 spiro atoms. The number of hydrogen-bond acceptors (Lipinski definition) is 3. The van der Waals surface area contributed by atoms with Gasteiger partial charge in [0.2, 0.25) is 0 Å². The molecule has 3 nitrogen and oxygen atoms in total. The van der Waals surface area contributed by atoms with Crippen LogP contribution in [0.3, 0.4) is 0 Å². The summed E-state index contributed by atoms with van der Waals surface area (Å²) in [5.74, 6) is 0.0981. The Morgan fingerprint density at radius 2 is 2.43 bits per heavy atom. The number of rotatable bonds is 4. The number of hydrogen-bond donors (Lipinski definition) is 0. The fraction of sp³-hybridized carbons (Fsp3) is 0.182. The summed E-state index contributed by atoms with van der Waals surface area (Å²) in [6.45, 7) is 8.63. The van der Waals surface area contributed by atoms with Gasteiger partial charge in [-0.2, -0.15) is 0 Å². The summed E-state index contributed by atoms with van der Waals surface area (Å²) in [6, 6.07) is 3.44. The van der Waals surface area contributed by atoms with Crippen molar-refractivity contribution in [2.24, 2.45) is 0 Å². The van der Waals surface area contributed by atoms with Gasteiger partial charge in [-0.05, 0) is 25.1 Å². The van der Waals surface area contributed by atoms with Crippen LogP contribution in [-0.4, -0.2) is 5.97 Å².